The first-order chi connectivity index (χ1) is 10.8. The van der Waals surface area contributed by atoms with Crippen molar-refractivity contribution in [2.24, 2.45) is 0 Å². The van der Waals surface area contributed by atoms with E-state index in [0.717, 1.165) is 18.9 Å². The van der Waals surface area contributed by atoms with Crippen LogP contribution in [0.3, 0.4) is 0 Å². The van der Waals surface area contributed by atoms with Crippen LogP contribution < -0.4 is 10.6 Å². The molecule has 1 aromatic carbocycles. The molecule has 0 aliphatic heterocycles. The number of nitrogens with zero attached hydrogens (tertiary/aromatic N) is 2. The molecular formula is C15H14F4N4. The molecule has 2 aromatic rings. The molecule has 1 aromatic heterocycles. The van der Waals surface area contributed by atoms with Crippen LogP contribution in [0.4, 0.5) is 35.0 Å². The number of benzene rings is 1. The van der Waals surface area contributed by atoms with E-state index in [4.69, 9.17) is 0 Å². The molecular weight excluding hydrogens is 312 g/mol. The van der Waals surface area contributed by atoms with Crippen molar-refractivity contribution in [3.63, 3.8) is 0 Å². The Kier molecular flexibility index (Phi) is 3.83. The molecule has 0 saturated heterocycles. The number of aromatic nitrogens is 2. The van der Waals surface area contributed by atoms with Gasteiger partial charge >= 0.3 is 6.18 Å². The van der Waals surface area contributed by atoms with Crippen LogP contribution in [0.1, 0.15) is 24.1 Å². The van der Waals surface area contributed by atoms with Crippen LogP contribution in [0, 0.1) is 12.7 Å². The number of hydrogen-bond donors (Lipinski definition) is 2. The molecule has 3 rings (SSSR count). The highest BCUT2D eigenvalue weighted by Crippen LogP contribution is 2.32. The zero-order valence-corrected chi connectivity index (χ0v) is 12.2. The monoisotopic (exact) mass is 326 g/mol. The van der Waals surface area contributed by atoms with E-state index in [1.165, 1.54) is 19.1 Å². The van der Waals surface area contributed by atoms with Gasteiger partial charge in [-0.15, -0.1) is 0 Å². The maximum absolute atomic E-state index is 13.5. The Morgan fingerprint density at radius 2 is 1.91 bits per heavy atom. The van der Waals surface area contributed by atoms with E-state index in [1.807, 2.05) is 0 Å². The zero-order chi connectivity index (χ0) is 16.6. The third-order valence-corrected chi connectivity index (χ3v) is 3.46. The zero-order valence-electron chi connectivity index (χ0n) is 12.2. The highest BCUT2D eigenvalue weighted by Gasteiger charge is 2.34. The van der Waals surface area contributed by atoms with Crippen LogP contribution in [0.5, 0.6) is 0 Å². The summed E-state index contributed by atoms with van der Waals surface area (Å²) in [7, 11) is 0. The van der Waals surface area contributed by atoms with Gasteiger partial charge in [0.2, 0.25) is 5.95 Å². The summed E-state index contributed by atoms with van der Waals surface area (Å²) in [4.78, 5) is 7.54. The lowest BCUT2D eigenvalue weighted by atomic mass is 10.2. The van der Waals surface area contributed by atoms with Gasteiger partial charge in [-0.1, -0.05) is 6.07 Å². The number of hydrogen-bond acceptors (Lipinski definition) is 4. The van der Waals surface area contributed by atoms with Crippen molar-refractivity contribution in [2.45, 2.75) is 32.0 Å². The minimum absolute atomic E-state index is 0.0378. The minimum atomic E-state index is -4.59. The molecule has 0 amide bonds. The fourth-order valence-corrected chi connectivity index (χ4v) is 2.01. The first-order valence-corrected chi connectivity index (χ1v) is 7.08. The fraction of sp³-hybridized carbons (Fsp3) is 0.333. The molecule has 122 valence electrons. The number of anilines is 3. The summed E-state index contributed by atoms with van der Waals surface area (Å²) in [6.07, 6.45) is -2.83. The second-order valence-electron chi connectivity index (χ2n) is 5.42. The topological polar surface area (TPSA) is 49.8 Å². The number of nitrogens with one attached hydrogen (secondary N) is 2. The maximum atomic E-state index is 13.5. The van der Waals surface area contributed by atoms with Gasteiger partial charge in [-0.25, -0.2) is 9.37 Å². The van der Waals surface area contributed by atoms with Gasteiger partial charge in [0.15, 0.2) is 5.69 Å². The molecule has 1 heterocycles. The summed E-state index contributed by atoms with van der Waals surface area (Å²) >= 11 is 0. The standard InChI is InChI=1S/C15H14F4N4/c1-8-10(16)3-2-4-11(8)21-13-7-12(15(17,18)19)22-14(23-13)20-9-5-6-9/h2-4,7,9H,5-6H2,1H3,(H2,20,21,22,23). The highest BCUT2D eigenvalue weighted by atomic mass is 19.4. The lowest BCUT2D eigenvalue weighted by molar-refractivity contribution is -0.141. The van der Waals surface area contributed by atoms with Crippen molar-refractivity contribution >= 4 is 17.5 Å². The lowest BCUT2D eigenvalue weighted by Crippen LogP contribution is -2.14. The van der Waals surface area contributed by atoms with Crippen LogP contribution in [0.15, 0.2) is 24.3 Å². The Balaban J connectivity index is 1.95. The normalized spacial score (nSPS) is 14.7. The Morgan fingerprint density at radius 1 is 1.17 bits per heavy atom. The second kappa shape index (κ2) is 5.68. The number of alkyl halides is 3. The first kappa shape index (κ1) is 15.5. The second-order valence-corrected chi connectivity index (χ2v) is 5.42. The molecule has 8 heteroatoms. The Morgan fingerprint density at radius 3 is 2.57 bits per heavy atom. The van der Waals surface area contributed by atoms with Crippen molar-refractivity contribution in [1.29, 1.82) is 0 Å². The number of halogens is 4. The van der Waals surface area contributed by atoms with Crippen LogP contribution in [-0.2, 0) is 6.18 Å². The van der Waals surface area contributed by atoms with E-state index in [0.29, 0.717) is 11.3 Å². The molecule has 0 spiro atoms. The van der Waals surface area contributed by atoms with E-state index < -0.39 is 17.7 Å². The summed E-state index contributed by atoms with van der Waals surface area (Å²) in [5.74, 6) is -0.570. The minimum Gasteiger partial charge on any atom is -0.351 e. The van der Waals surface area contributed by atoms with Gasteiger partial charge in [-0.05, 0) is 31.9 Å². The van der Waals surface area contributed by atoms with E-state index in [1.54, 1.807) is 6.07 Å². The van der Waals surface area contributed by atoms with Gasteiger partial charge in [-0.2, -0.15) is 18.2 Å². The molecule has 4 nitrogen and oxygen atoms in total. The van der Waals surface area contributed by atoms with Gasteiger partial charge in [-0.3, -0.25) is 0 Å². The molecule has 0 atom stereocenters. The van der Waals surface area contributed by atoms with Gasteiger partial charge in [0.1, 0.15) is 11.6 Å². The largest absolute Gasteiger partial charge is 0.433 e. The quantitative estimate of drug-likeness (QED) is 0.824. The molecule has 1 aliphatic carbocycles. The predicted molar refractivity (Wildman–Crippen MR) is 78.1 cm³/mol. The molecule has 0 bridgehead atoms. The van der Waals surface area contributed by atoms with Gasteiger partial charge in [0.05, 0.1) is 0 Å². The molecule has 23 heavy (non-hydrogen) atoms. The molecule has 2 N–H and O–H groups in total. The molecule has 0 unspecified atom stereocenters. The lowest BCUT2D eigenvalue weighted by Gasteiger charge is -2.14. The van der Waals surface area contributed by atoms with E-state index >= 15 is 0 Å². The van der Waals surface area contributed by atoms with E-state index in [-0.39, 0.29) is 17.8 Å². The van der Waals surface area contributed by atoms with Crippen LogP contribution in [-0.4, -0.2) is 16.0 Å². The van der Waals surface area contributed by atoms with E-state index in [2.05, 4.69) is 20.6 Å². The molecule has 1 saturated carbocycles. The van der Waals surface area contributed by atoms with Crippen LogP contribution in [0.25, 0.3) is 0 Å². The Bertz CT molecular complexity index is 726. The third-order valence-electron chi connectivity index (χ3n) is 3.46. The SMILES string of the molecule is Cc1c(F)cccc1Nc1cc(C(F)(F)F)nc(NC2CC2)n1. The third kappa shape index (κ3) is 3.69. The Labute approximate surface area is 130 Å². The summed E-state index contributed by atoms with van der Waals surface area (Å²) in [6, 6.07) is 5.24. The average molecular weight is 326 g/mol. The van der Waals surface area contributed by atoms with Crippen molar-refractivity contribution in [1.82, 2.24) is 9.97 Å². The van der Waals surface area contributed by atoms with Crippen molar-refractivity contribution in [2.75, 3.05) is 10.6 Å². The van der Waals surface area contributed by atoms with Crippen molar-refractivity contribution in [3.05, 3.63) is 41.3 Å². The van der Waals surface area contributed by atoms with Gasteiger partial charge in [0, 0.05) is 23.4 Å². The summed E-state index contributed by atoms with van der Waals surface area (Å²) in [5, 5.41) is 5.57. The summed E-state index contributed by atoms with van der Waals surface area (Å²) in [6.45, 7) is 1.53. The Hall–Kier alpha value is -2.38. The predicted octanol–water partition coefficient (Wildman–Crippen LogP) is 4.26. The van der Waals surface area contributed by atoms with Crippen molar-refractivity contribution in [3.8, 4) is 0 Å². The average Bonchev–Trinajstić information content (AvgIpc) is 3.27. The highest BCUT2D eigenvalue weighted by molar-refractivity contribution is 5.61. The van der Waals surface area contributed by atoms with Gasteiger partial charge < -0.3 is 10.6 Å². The summed E-state index contributed by atoms with van der Waals surface area (Å²) < 4.78 is 52.5. The van der Waals surface area contributed by atoms with Crippen LogP contribution in [0.2, 0.25) is 0 Å². The molecule has 1 fully saturated rings. The molecule has 1 aliphatic rings. The molecule has 0 radical (unpaired) electrons. The summed E-state index contributed by atoms with van der Waals surface area (Å²) in [5.41, 5.74) is -0.391. The first-order valence-electron chi connectivity index (χ1n) is 7.08. The van der Waals surface area contributed by atoms with Crippen LogP contribution >= 0.6 is 0 Å². The van der Waals surface area contributed by atoms with E-state index in [9.17, 15) is 17.6 Å². The smallest absolute Gasteiger partial charge is 0.351 e. The fourth-order valence-electron chi connectivity index (χ4n) is 2.01. The number of rotatable bonds is 4. The van der Waals surface area contributed by atoms with Crippen molar-refractivity contribution < 1.29 is 17.6 Å². The van der Waals surface area contributed by atoms with Gasteiger partial charge in [0.25, 0.3) is 0 Å². The maximum Gasteiger partial charge on any atom is 0.433 e.